The molecule has 7 heteroatoms. The first-order chi connectivity index (χ1) is 12.6. The molecule has 0 bridgehead atoms. The van der Waals surface area contributed by atoms with Gasteiger partial charge in [-0.05, 0) is 43.4 Å². The van der Waals surface area contributed by atoms with Gasteiger partial charge in [0.1, 0.15) is 10.7 Å². The lowest BCUT2D eigenvalue weighted by Gasteiger charge is -2.25. The molecule has 0 unspecified atom stereocenters. The summed E-state index contributed by atoms with van der Waals surface area (Å²) in [6, 6.07) is 11.5. The number of anilines is 1. The fourth-order valence-electron chi connectivity index (χ4n) is 3.50. The zero-order valence-electron chi connectivity index (χ0n) is 14.6. The molecular weight excluding hydrogens is 348 g/mol. The molecule has 2 heterocycles. The van der Waals surface area contributed by atoms with E-state index in [1.807, 2.05) is 12.1 Å². The fraction of sp³-hybridized carbons (Fsp3) is 0.368. The molecule has 2 aliphatic rings. The number of piperidine rings is 1. The third-order valence-electron chi connectivity index (χ3n) is 4.95. The van der Waals surface area contributed by atoms with Crippen molar-refractivity contribution >= 4 is 21.6 Å². The number of aromatic nitrogens is 1. The summed E-state index contributed by atoms with van der Waals surface area (Å²) in [6.45, 7) is 1.19. The van der Waals surface area contributed by atoms with Crippen LogP contribution in [0.3, 0.4) is 0 Å². The number of pyridine rings is 1. The Kier molecular flexibility index (Phi) is 4.74. The lowest BCUT2D eigenvalue weighted by atomic mass is 10.1. The Balaban J connectivity index is 1.48. The number of aryl methyl sites for hydroxylation is 1. The van der Waals surface area contributed by atoms with E-state index in [0.29, 0.717) is 18.9 Å². The third-order valence-corrected chi connectivity index (χ3v) is 6.84. The monoisotopic (exact) mass is 370 g/mol. The number of benzene rings is 1. The van der Waals surface area contributed by atoms with Crippen molar-refractivity contribution in [2.75, 3.05) is 18.5 Å². The van der Waals surface area contributed by atoms with Crippen molar-refractivity contribution in [2.24, 2.45) is 5.10 Å². The molecule has 0 spiro atoms. The molecule has 0 saturated carbocycles. The van der Waals surface area contributed by atoms with Gasteiger partial charge in [0.05, 0.1) is 5.71 Å². The van der Waals surface area contributed by atoms with Crippen LogP contribution < -0.4 is 5.43 Å². The highest BCUT2D eigenvalue weighted by molar-refractivity contribution is 7.89. The molecule has 6 nitrogen and oxygen atoms in total. The molecule has 4 rings (SSSR count). The van der Waals surface area contributed by atoms with Crippen LogP contribution in [-0.2, 0) is 16.4 Å². The molecule has 1 aromatic heterocycles. The van der Waals surface area contributed by atoms with E-state index in [9.17, 15) is 8.42 Å². The van der Waals surface area contributed by atoms with Gasteiger partial charge in [0.25, 0.3) is 0 Å². The summed E-state index contributed by atoms with van der Waals surface area (Å²) < 4.78 is 26.8. The minimum Gasteiger partial charge on any atom is -0.261 e. The maximum atomic E-state index is 12.6. The summed E-state index contributed by atoms with van der Waals surface area (Å²) in [4.78, 5) is 4.47. The third kappa shape index (κ3) is 3.37. The molecule has 1 aliphatic carbocycles. The Morgan fingerprint density at radius 1 is 1.00 bits per heavy atom. The fourth-order valence-corrected chi connectivity index (χ4v) is 4.96. The normalized spacial score (nSPS) is 19.5. The molecule has 1 fully saturated rings. The first-order valence-electron chi connectivity index (χ1n) is 9.02. The van der Waals surface area contributed by atoms with Crippen LogP contribution in [0.15, 0.2) is 52.6 Å². The van der Waals surface area contributed by atoms with Crippen LogP contribution in [-0.4, -0.2) is 36.5 Å². The SMILES string of the molecule is O=S(=O)(c1ccc(N/N=C2\CCc3ccccc32)nc1)N1CCCCC1. The number of hydrogen-bond donors (Lipinski definition) is 1. The average Bonchev–Trinajstić information content (AvgIpc) is 3.11. The van der Waals surface area contributed by atoms with Crippen LogP contribution >= 0.6 is 0 Å². The van der Waals surface area contributed by atoms with E-state index in [4.69, 9.17) is 0 Å². The van der Waals surface area contributed by atoms with Gasteiger partial charge in [-0.25, -0.2) is 13.4 Å². The minimum atomic E-state index is -3.44. The van der Waals surface area contributed by atoms with E-state index < -0.39 is 10.0 Å². The zero-order valence-corrected chi connectivity index (χ0v) is 15.4. The molecule has 136 valence electrons. The van der Waals surface area contributed by atoms with Gasteiger partial charge in [0, 0.05) is 24.8 Å². The van der Waals surface area contributed by atoms with Crippen LogP contribution in [0.5, 0.6) is 0 Å². The predicted molar refractivity (Wildman–Crippen MR) is 102 cm³/mol. The molecule has 0 atom stereocenters. The number of hydrogen-bond acceptors (Lipinski definition) is 5. The number of fused-ring (bicyclic) bond motifs is 1. The zero-order chi connectivity index (χ0) is 18.0. The molecule has 1 saturated heterocycles. The topological polar surface area (TPSA) is 74.7 Å². The van der Waals surface area contributed by atoms with E-state index in [0.717, 1.165) is 37.8 Å². The first-order valence-corrected chi connectivity index (χ1v) is 10.5. The Bertz CT molecular complexity index is 917. The largest absolute Gasteiger partial charge is 0.261 e. The van der Waals surface area contributed by atoms with Crippen molar-refractivity contribution in [3.8, 4) is 0 Å². The van der Waals surface area contributed by atoms with E-state index in [2.05, 4.69) is 27.6 Å². The highest BCUT2D eigenvalue weighted by Crippen LogP contribution is 2.23. The Hall–Kier alpha value is -2.25. The lowest BCUT2D eigenvalue weighted by molar-refractivity contribution is 0.346. The second-order valence-electron chi connectivity index (χ2n) is 6.67. The summed E-state index contributed by atoms with van der Waals surface area (Å²) in [5.41, 5.74) is 6.44. The predicted octanol–water partition coefficient (Wildman–Crippen LogP) is 3.02. The number of sulfonamides is 1. The molecule has 1 aromatic carbocycles. The average molecular weight is 370 g/mol. The van der Waals surface area contributed by atoms with Gasteiger partial charge in [0.2, 0.25) is 10.0 Å². The maximum Gasteiger partial charge on any atom is 0.244 e. The van der Waals surface area contributed by atoms with Crippen LogP contribution in [0, 0.1) is 0 Å². The number of nitrogens with zero attached hydrogens (tertiary/aromatic N) is 3. The quantitative estimate of drug-likeness (QED) is 0.840. The van der Waals surface area contributed by atoms with Crippen LogP contribution in [0.1, 0.15) is 36.8 Å². The number of rotatable bonds is 4. The van der Waals surface area contributed by atoms with E-state index in [1.54, 1.807) is 16.4 Å². The highest BCUT2D eigenvalue weighted by atomic mass is 32.2. The summed E-state index contributed by atoms with van der Waals surface area (Å²) >= 11 is 0. The van der Waals surface area contributed by atoms with Crippen LogP contribution in [0.2, 0.25) is 0 Å². The molecule has 1 aliphatic heterocycles. The summed E-state index contributed by atoms with van der Waals surface area (Å²) in [5.74, 6) is 0.541. The molecule has 1 N–H and O–H groups in total. The van der Waals surface area contributed by atoms with Crippen molar-refractivity contribution in [1.82, 2.24) is 9.29 Å². The standard InChI is InChI=1S/C19H22N4O2S/c24-26(25,23-12-4-1-5-13-23)16-9-11-19(20-14-16)22-21-18-10-8-15-6-2-3-7-17(15)18/h2-3,6-7,9,11,14H,1,4-5,8,10,12-13H2,(H,20,22)/b21-18+. The van der Waals surface area contributed by atoms with Crippen LogP contribution in [0.4, 0.5) is 5.82 Å². The summed E-state index contributed by atoms with van der Waals surface area (Å²) in [5, 5.41) is 4.46. The van der Waals surface area contributed by atoms with Gasteiger partial charge in [0.15, 0.2) is 0 Å². The Labute approximate surface area is 154 Å². The molecular formula is C19H22N4O2S. The molecule has 2 aromatic rings. The number of hydrazone groups is 1. The molecule has 0 amide bonds. The van der Waals surface area contributed by atoms with Crippen molar-refractivity contribution < 1.29 is 8.42 Å². The van der Waals surface area contributed by atoms with E-state index >= 15 is 0 Å². The van der Waals surface area contributed by atoms with Crippen molar-refractivity contribution in [3.05, 3.63) is 53.7 Å². The van der Waals surface area contributed by atoms with E-state index in [1.165, 1.54) is 17.3 Å². The maximum absolute atomic E-state index is 12.6. The van der Waals surface area contributed by atoms with Gasteiger partial charge in [-0.15, -0.1) is 0 Å². The first kappa shape index (κ1) is 17.2. The summed E-state index contributed by atoms with van der Waals surface area (Å²) in [7, 11) is -3.44. The van der Waals surface area contributed by atoms with E-state index in [-0.39, 0.29) is 4.90 Å². The van der Waals surface area contributed by atoms with Gasteiger partial charge in [-0.3, -0.25) is 5.43 Å². The molecule has 0 radical (unpaired) electrons. The van der Waals surface area contributed by atoms with Gasteiger partial charge < -0.3 is 0 Å². The second-order valence-corrected chi connectivity index (χ2v) is 8.61. The van der Waals surface area contributed by atoms with Gasteiger partial charge in [-0.2, -0.15) is 9.41 Å². The highest BCUT2D eigenvalue weighted by Gasteiger charge is 2.26. The lowest BCUT2D eigenvalue weighted by Crippen LogP contribution is -2.35. The van der Waals surface area contributed by atoms with Crippen molar-refractivity contribution in [3.63, 3.8) is 0 Å². The van der Waals surface area contributed by atoms with Crippen molar-refractivity contribution in [1.29, 1.82) is 0 Å². The smallest absolute Gasteiger partial charge is 0.244 e. The second kappa shape index (κ2) is 7.17. The van der Waals surface area contributed by atoms with Gasteiger partial charge >= 0.3 is 0 Å². The van der Waals surface area contributed by atoms with Crippen molar-refractivity contribution in [2.45, 2.75) is 37.0 Å². The van der Waals surface area contributed by atoms with Crippen LogP contribution in [0.25, 0.3) is 0 Å². The Morgan fingerprint density at radius 3 is 2.58 bits per heavy atom. The minimum absolute atomic E-state index is 0.240. The Morgan fingerprint density at radius 2 is 1.81 bits per heavy atom. The van der Waals surface area contributed by atoms with Gasteiger partial charge in [-0.1, -0.05) is 30.7 Å². The molecule has 26 heavy (non-hydrogen) atoms. The summed E-state index contributed by atoms with van der Waals surface area (Å²) in [6.07, 6.45) is 6.24. The number of nitrogens with one attached hydrogen (secondary N) is 1.